The number of benzene rings is 2. The van der Waals surface area contributed by atoms with E-state index in [1.165, 1.54) is 22.3 Å². The number of ether oxygens (including phenoxy) is 1. The molecule has 2 nitrogen and oxygen atoms in total. The number of methoxy groups -OCH3 is 1. The molecule has 2 aromatic carbocycles. The Morgan fingerprint density at radius 2 is 1.80 bits per heavy atom. The maximum atomic E-state index is 5.17. The van der Waals surface area contributed by atoms with E-state index in [-0.39, 0.29) is 0 Å². The van der Waals surface area contributed by atoms with Crippen LogP contribution in [0.25, 0.3) is 0 Å². The van der Waals surface area contributed by atoms with Gasteiger partial charge in [-0.15, -0.1) is 0 Å². The number of rotatable bonds is 6. The van der Waals surface area contributed by atoms with E-state index in [4.69, 9.17) is 4.74 Å². The Kier molecular flexibility index (Phi) is 5.33. The van der Waals surface area contributed by atoms with Gasteiger partial charge in [0, 0.05) is 19.7 Å². The first-order chi connectivity index (χ1) is 9.70. The largest absolute Gasteiger partial charge is 0.380 e. The van der Waals surface area contributed by atoms with Crippen LogP contribution in [0.1, 0.15) is 35.2 Å². The van der Waals surface area contributed by atoms with Crippen LogP contribution in [0.5, 0.6) is 0 Å². The molecule has 0 aliphatic heterocycles. The van der Waals surface area contributed by atoms with Crippen molar-refractivity contribution in [2.75, 3.05) is 7.11 Å². The second kappa shape index (κ2) is 7.22. The highest BCUT2D eigenvalue weighted by Crippen LogP contribution is 2.17. The van der Waals surface area contributed by atoms with Crippen molar-refractivity contribution in [3.8, 4) is 0 Å². The predicted molar refractivity (Wildman–Crippen MR) is 83.6 cm³/mol. The molecule has 0 aliphatic carbocycles. The van der Waals surface area contributed by atoms with Crippen LogP contribution >= 0.6 is 0 Å². The van der Waals surface area contributed by atoms with Gasteiger partial charge < -0.3 is 10.1 Å². The third-order valence-electron chi connectivity index (χ3n) is 3.57. The van der Waals surface area contributed by atoms with Crippen molar-refractivity contribution in [3.05, 3.63) is 70.8 Å². The molecule has 2 aromatic rings. The van der Waals surface area contributed by atoms with Gasteiger partial charge >= 0.3 is 0 Å². The highest BCUT2D eigenvalue weighted by atomic mass is 16.5. The van der Waals surface area contributed by atoms with Crippen LogP contribution in [-0.2, 0) is 17.9 Å². The van der Waals surface area contributed by atoms with Crippen LogP contribution in [0, 0.1) is 6.92 Å². The molecule has 0 radical (unpaired) electrons. The molecule has 0 saturated heterocycles. The van der Waals surface area contributed by atoms with Crippen LogP contribution in [0.15, 0.2) is 48.5 Å². The molecule has 0 heterocycles. The number of hydrogen-bond donors (Lipinski definition) is 1. The summed E-state index contributed by atoms with van der Waals surface area (Å²) in [5.74, 6) is 0. The minimum Gasteiger partial charge on any atom is -0.380 e. The summed E-state index contributed by atoms with van der Waals surface area (Å²) in [4.78, 5) is 0. The normalized spacial score (nSPS) is 12.3. The third kappa shape index (κ3) is 3.92. The topological polar surface area (TPSA) is 21.3 Å². The van der Waals surface area contributed by atoms with Gasteiger partial charge in [0.25, 0.3) is 0 Å². The molecule has 1 atom stereocenters. The Morgan fingerprint density at radius 1 is 1.05 bits per heavy atom. The smallest absolute Gasteiger partial charge is 0.0713 e. The lowest BCUT2D eigenvalue weighted by Gasteiger charge is -2.17. The molecule has 0 aliphatic rings. The molecule has 0 fully saturated rings. The van der Waals surface area contributed by atoms with Gasteiger partial charge in [-0.05, 0) is 36.1 Å². The molecule has 2 heteroatoms. The molecule has 0 aromatic heterocycles. The van der Waals surface area contributed by atoms with Crippen molar-refractivity contribution in [1.82, 2.24) is 5.32 Å². The molecule has 1 N–H and O–H groups in total. The Balaban J connectivity index is 1.98. The van der Waals surface area contributed by atoms with E-state index in [9.17, 15) is 0 Å². The van der Waals surface area contributed by atoms with Crippen molar-refractivity contribution in [2.45, 2.75) is 33.0 Å². The van der Waals surface area contributed by atoms with Gasteiger partial charge in [0.05, 0.1) is 6.61 Å². The molecular weight excluding hydrogens is 246 g/mol. The van der Waals surface area contributed by atoms with Gasteiger partial charge in [0.1, 0.15) is 0 Å². The third-order valence-corrected chi connectivity index (χ3v) is 3.57. The minimum atomic E-state index is 0.349. The van der Waals surface area contributed by atoms with Gasteiger partial charge in [-0.1, -0.05) is 48.5 Å². The summed E-state index contributed by atoms with van der Waals surface area (Å²) >= 11 is 0. The summed E-state index contributed by atoms with van der Waals surface area (Å²) in [7, 11) is 1.73. The van der Waals surface area contributed by atoms with Crippen LogP contribution < -0.4 is 5.32 Å². The molecule has 0 amide bonds. The fourth-order valence-corrected chi connectivity index (χ4v) is 2.45. The Morgan fingerprint density at radius 3 is 2.55 bits per heavy atom. The van der Waals surface area contributed by atoms with Gasteiger partial charge in [0.2, 0.25) is 0 Å². The fraction of sp³-hybridized carbons (Fsp3) is 0.333. The van der Waals surface area contributed by atoms with E-state index in [1.54, 1.807) is 7.11 Å². The SMILES string of the molecule is COCc1cccc(CN[C@@H](C)c2ccccc2C)c1. The Labute approximate surface area is 121 Å². The second-order valence-corrected chi connectivity index (χ2v) is 5.21. The molecule has 0 spiro atoms. The first-order valence-corrected chi connectivity index (χ1v) is 7.06. The van der Waals surface area contributed by atoms with Gasteiger partial charge in [-0.3, -0.25) is 0 Å². The second-order valence-electron chi connectivity index (χ2n) is 5.21. The van der Waals surface area contributed by atoms with Crippen molar-refractivity contribution in [3.63, 3.8) is 0 Å². The van der Waals surface area contributed by atoms with Crippen molar-refractivity contribution in [2.24, 2.45) is 0 Å². The van der Waals surface area contributed by atoms with Gasteiger partial charge in [-0.25, -0.2) is 0 Å². The van der Waals surface area contributed by atoms with Gasteiger partial charge in [0.15, 0.2) is 0 Å². The average molecular weight is 269 g/mol. The fourth-order valence-electron chi connectivity index (χ4n) is 2.45. The first kappa shape index (κ1) is 14.8. The van der Waals surface area contributed by atoms with Crippen LogP contribution in [0.2, 0.25) is 0 Å². The van der Waals surface area contributed by atoms with Crippen LogP contribution in [0.3, 0.4) is 0 Å². The summed E-state index contributed by atoms with van der Waals surface area (Å²) in [6, 6.07) is 17.4. The first-order valence-electron chi connectivity index (χ1n) is 7.06. The van der Waals surface area contributed by atoms with Crippen molar-refractivity contribution >= 4 is 0 Å². The summed E-state index contributed by atoms with van der Waals surface area (Å²) in [5, 5.41) is 3.58. The van der Waals surface area contributed by atoms with E-state index < -0.39 is 0 Å². The summed E-state index contributed by atoms with van der Waals surface area (Å²) in [5.41, 5.74) is 5.21. The van der Waals surface area contributed by atoms with E-state index in [0.29, 0.717) is 12.6 Å². The monoisotopic (exact) mass is 269 g/mol. The van der Waals surface area contributed by atoms with E-state index in [0.717, 1.165) is 6.54 Å². The zero-order valence-electron chi connectivity index (χ0n) is 12.5. The van der Waals surface area contributed by atoms with Gasteiger partial charge in [-0.2, -0.15) is 0 Å². The number of nitrogens with one attached hydrogen (secondary N) is 1. The zero-order chi connectivity index (χ0) is 14.4. The lowest BCUT2D eigenvalue weighted by molar-refractivity contribution is 0.185. The highest BCUT2D eigenvalue weighted by Gasteiger charge is 2.07. The molecule has 106 valence electrons. The zero-order valence-corrected chi connectivity index (χ0v) is 12.5. The van der Waals surface area contributed by atoms with Crippen molar-refractivity contribution in [1.29, 1.82) is 0 Å². The maximum absolute atomic E-state index is 5.17. The standard InChI is InChI=1S/C18H23NO/c1-14-7-4-5-10-18(14)15(2)19-12-16-8-6-9-17(11-16)13-20-3/h4-11,15,19H,12-13H2,1-3H3/t15-/m0/s1. The van der Waals surface area contributed by atoms with E-state index in [2.05, 4.69) is 67.7 Å². The molecular formula is C18H23NO. The lowest BCUT2D eigenvalue weighted by Crippen LogP contribution is -2.18. The van der Waals surface area contributed by atoms with Crippen LogP contribution in [0.4, 0.5) is 0 Å². The number of aryl methyl sites for hydroxylation is 1. The molecule has 0 saturated carbocycles. The van der Waals surface area contributed by atoms with Crippen LogP contribution in [-0.4, -0.2) is 7.11 Å². The summed E-state index contributed by atoms with van der Waals surface area (Å²) in [6.07, 6.45) is 0. The maximum Gasteiger partial charge on any atom is 0.0713 e. The highest BCUT2D eigenvalue weighted by molar-refractivity contribution is 5.29. The number of hydrogen-bond acceptors (Lipinski definition) is 2. The van der Waals surface area contributed by atoms with E-state index in [1.807, 2.05) is 0 Å². The summed E-state index contributed by atoms with van der Waals surface area (Å²) in [6.45, 7) is 5.91. The molecule has 0 unspecified atom stereocenters. The van der Waals surface area contributed by atoms with Crippen molar-refractivity contribution < 1.29 is 4.74 Å². The molecule has 2 rings (SSSR count). The quantitative estimate of drug-likeness (QED) is 0.856. The lowest BCUT2D eigenvalue weighted by atomic mass is 10.0. The predicted octanol–water partition coefficient (Wildman–Crippen LogP) is 3.99. The van der Waals surface area contributed by atoms with E-state index >= 15 is 0 Å². The Hall–Kier alpha value is -1.64. The minimum absolute atomic E-state index is 0.349. The Bertz CT molecular complexity index is 551. The average Bonchev–Trinajstić information content (AvgIpc) is 2.46. The molecule has 20 heavy (non-hydrogen) atoms. The summed E-state index contributed by atoms with van der Waals surface area (Å²) < 4.78 is 5.17. The molecule has 0 bridgehead atoms.